The lowest BCUT2D eigenvalue weighted by Crippen LogP contribution is -2.40. The largest absolute Gasteiger partial charge is 0.465 e. The average Bonchev–Trinajstić information content (AvgIpc) is 3.39. The van der Waals surface area contributed by atoms with E-state index in [2.05, 4.69) is 15.4 Å². The summed E-state index contributed by atoms with van der Waals surface area (Å²) >= 11 is 0. The van der Waals surface area contributed by atoms with E-state index < -0.39 is 0 Å². The molecule has 28 heavy (non-hydrogen) atoms. The van der Waals surface area contributed by atoms with Gasteiger partial charge in [0.05, 0.1) is 6.04 Å². The van der Waals surface area contributed by atoms with Crippen molar-refractivity contribution in [2.45, 2.75) is 32.2 Å². The summed E-state index contributed by atoms with van der Waals surface area (Å²) < 4.78 is 11.2. The van der Waals surface area contributed by atoms with Gasteiger partial charge >= 0.3 is 0 Å². The van der Waals surface area contributed by atoms with Crippen LogP contribution in [-0.4, -0.2) is 35.6 Å². The van der Waals surface area contributed by atoms with Gasteiger partial charge in [0, 0.05) is 18.2 Å². The van der Waals surface area contributed by atoms with Gasteiger partial charge in [-0.3, -0.25) is 9.69 Å². The fraction of sp³-hybridized carbons (Fsp3) is 0.364. The lowest BCUT2D eigenvalue weighted by Gasteiger charge is -2.33. The molecule has 0 unspecified atom stereocenters. The minimum atomic E-state index is -0.240. The predicted molar refractivity (Wildman–Crippen MR) is 106 cm³/mol. The number of hydrogen-bond acceptors (Lipinski definition) is 5. The Hall–Kier alpha value is -2.86. The molecular formula is C22H25N3O3. The monoisotopic (exact) mass is 379 g/mol. The first-order valence-corrected chi connectivity index (χ1v) is 9.81. The van der Waals surface area contributed by atoms with E-state index in [4.69, 9.17) is 8.94 Å². The smallest absolute Gasteiger partial charge is 0.273 e. The maximum Gasteiger partial charge on any atom is 0.273 e. The minimum absolute atomic E-state index is 0.0263. The highest BCUT2D eigenvalue weighted by Gasteiger charge is 2.26. The molecule has 1 atom stereocenters. The Labute approximate surface area is 164 Å². The molecule has 0 aliphatic carbocycles. The lowest BCUT2D eigenvalue weighted by molar-refractivity contribution is 0.0905. The summed E-state index contributed by atoms with van der Waals surface area (Å²) in [7, 11) is 0. The third-order valence-corrected chi connectivity index (χ3v) is 5.18. The molecule has 2 aromatic heterocycles. The van der Waals surface area contributed by atoms with E-state index in [9.17, 15) is 4.79 Å². The molecular weight excluding hydrogens is 354 g/mol. The second kappa shape index (κ2) is 8.44. The van der Waals surface area contributed by atoms with E-state index in [0.717, 1.165) is 30.2 Å². The van der Waals surface area contributed by atoms with Crippen molar-refractivity contribution in [3.05, 3.63) is 65.7 Å². The fourth-order valence-electron chi connectivity index (χ4n) is 3.67. The number of rotatable bonds is 6. The van der Waals surface area contributed by atoms with Crippen molar-refractivity contribution in [2.75, 3.05) is 19.6 Å². The molecule has 1 amide bonds. The number of carbonyl (C=O) groups excluding carboxylic acids is 1. The highest BCUT2D eigenvalue weighted by Crippen LogP contribution is 2.26. The predicted octanol–water partition coefficient (Wildman–Crippen LogP) is 4.20. The van der Waals surface area contributed by atoms with Gasteiger partial charge in [0.1, 0.15) is 11.5 Å². The van der Waals surface area contributed by atoms with Gasteiger partial charge in [-0.2, -0.15) is 0 Å². The van der Waals surface area contributed by atoms with Gasteiger partial charge in [0.15, 0.2) is 11.5 Å². The van der Waals surface area contributed by atoms with Crippen LogP contribution >= 0.6 is 0 Å². The molecule has 1 aliphatic rings. The maximum absolute atomic E-state index is 12.6. The number of benzene rings is 1. The van der Waals surface area contributed by atoms with Crippen molar-refractivity contribution in [3.8, 4) is 11.3 Å². The van der Waals surface area contributed by atoms with E-state index in [1.807, 2.05) is 49.4 Å². The van der Waals surface area contributed by atoms with Gasteiger partial charge in [-0.15, -0.1) is 0 Å². The normalized spacial score (nSPS) is 16.0. The third kappa shape index (κ3) is 4.17. The lowest BCUT2D eigenvalue weighted by atomic mass is 10.1. The van der Waals surface area contributed by atoms with Gasteiger partial charge in [0.25, 0.3) is 5.91 Å². The summed E-state index contributed by atoms with van der Waals surface area (Å²) in [6, 6.07) is 15.3. The molecule has 6 nitrogen and oxygen atoms in total. The van der Waals surface area contributed by atoms with Crippen molar-refractivity contribution < 1.29 is 13.7 Å². The van der Waals surface area contributed by atoms with E-state index in [-0.39, 0.29) is 17.6 Å². The van der Waals surface area contributed by atoms with Crippen LogP contribution < -0.4 is 5.32 Å². The first-order valence-electron chi connectivity index (χ1n) is 9.81. The van der Waals surface area contributed by atoms with Crippen LogP contribution in [0.3, 0.4) is 0 Å². The summed E-state index contributed by atoms with van der Waals surface area (Å²) in [6.45, 7) is 4.44. The van der Waals surface area contributed by atoms with E-state index in [0.29, 0.717) is 12.3 Å². The Kier molecular flexibility index (Phi) is 5.58. The van der Waals surface area contributed by atoms with Crippen molar-refractivity contribution in [1.29, 1.82) is 0 Å². The number of carbonyl (C=O) groups is 1. The Morgan fingerprint density at radius 3 is 2.64 bits per heavy atom. The number of amides is 1. The Balaban J connectivity index is 1.45. The molecule has 1 N–H and O–H groups in total. The molecule has 0 bridgehead atoms. The van der Waals surface area contributed by atoms with Gasteiger partial charge < -0.3 is 14.3 Å². The number of aromatic nitrogens is 1. The summed E-state index contributed by atoms with van der Waals surface area (Å²) in [6.07, 6.45) is 3.61. The van der Waals surface area contributed by atoms with Crippen molar-refractivity contribution in [1.82, 2.24) is 15.4 Å². The second-order valence-corrected chi connectivity index (χ2v) is 7.21. The van der Waals surface area contributed by atoms with Crippen molar-refractivity contribution in [3.63, 3.8) is 0 Å². The summed E-state index contributed by atoms with van der Waals surface area (Å²) in [5, 5.41) is 6.94. The summed E-state index contributed by atoms with van der Waals surface area (Å²) in [5.74, 6) is 2.12. The number of likely N-dealkylation sites (tertiary alicyclic amines) is 1. The number of nitrogens with zero attached hydrogens (tertiary/aromatic N) is 2. The molecule has 1 aromatic carbocycles. The van der Waals surface area contributed by atoms with E-state index in [1.165, 1.54) is 19.3 Å². The molecule has 0 spiro atoms. The van der Waals surface area contributed by atoms with Crippen LogP contribution in [0, 0.1) is 6.92 Å². The molecule has 4 rings (SSSR count). The van der Waals surface area contributed by atoms with Gasteiger partial charge in [0.2, 0.25) is 0 Å². The molecule has 146 valence electrons. The zero-order valence-electron chi connectivity index (χ0n) is 16.1. The zero-order chi connectivity index (χ0) is 19.3. The third-order valence-electron chi connectivity index (χ3n) is 5.18. The Morgan fingerprint density at radius 2 is 1.93 bits per heavy atom. The number of furan rings is 1. The standard InChI is InChI=1S/C22H25N3O3/c1-16-10-11-20(27-16)19(25-12-6-3-7-13-25)15-23-22(26)18-14-21(28-24-18)17-8-4-2-5-9-17/h2,4-5,8-11,14,19H,3,6-7,12-13,15H2,1H3,(H,23,26)/t19-/m0/s1. The van der Waals surface area contributed by atoms with Gasteiger partial charge in [-0.05, 0) is 45.0 Å². The average molecular weight is 379 g/mol. The highest BCUT2D eigenvalue weighted by atomic mass is 16.5. The topological polar surface area (TPSA) is 71.5 Å². The van der Waals surface area contributed by atoms with Crippen LogP contribution in [0.5, 0.6) is 0 Å². The molecule has 0 saturated carbocycles. The molecule has 3 aromatic rings. The maximum atomic E-state index is 12.6. The summed E-state index contributed by atoms with van der Waals surface area (Å²) in [5.41, 5.74) is 1.18. The van der Waals surface area contributed by atoms with Crippen LogP contribution in [0.2, 0.25) is 0 Å². The van der Waals surface area contributed by atoms with Gasteiger partial charge in [-0.1, -0.05) is 41.9 Å². The quantitative estimate of drug-likeness (QED) is 0.695. The SMILES string of the molecule is Cc1ccc([C@H](CNC(=O)c2cc(-c3ccccc3)on2)N2CCCCC2)o1. The number of hydrogen-bond donors (Lipinski definition) is 1. The second-order valence-electron chi connectivity index (χ2n) is 7.21. The first-order chi connectivity index (χ1) is 13.7. The van der Waals surface area contributed by atoms with E-state index in [1.54, 1.807) is 6.07 Å². The molecule has 6 heteroatoms. The van der Waals surface area contributed by atoms with Gasteiger partial charge in [-0.25, -0.2) is 0 Å². The molecule has 1 saturated heterocycles. The molecule has 0 radical (unpaired) electrons. The number of nitrogens with one attached hydrogen (secondary N) is 1. The summed E-state index contributed by atoms with van der Waals surface area (Å²) in [4.78, 5) is 15.0. The van der Waals surface area contributed by atoms with E-state index >= 15 is 0 Å². The number of piperidine rings is 1. The number of aryl methyl sites for hydroxylation is 1. The van der Waals surface area contributed by atoms with Crippen LogP contribution in [0.15, 0.2) is 57.5 Å². The Morgan fingerprint density at radius 1 is 1.14 bits per heavy atom. The zero-order valence-corrected chi connectivity index (χ0v) is 16.1. The molecule has 3 heterocycles. The molecule has 1 aliphatic heterocycles. The first kappa shape index (κ1) is 18.5. The molecule has 1 fully saturated rings. The van der Waals surface area contributed by atoms with Crippen LogP contribution in [0.25, 0.3) is 11.3 Å². The van der Waals surface area contributed by atoms with Crippen LogP contribution in [-0.2, 0) is 0 Å². The fourth-order valence-corrected chi connectivity index (χ4v) is 3.67. The minimum Gasteiger partial charge on any atom is -0.465 e. The van der Waals surface area contributed by atoms with Crippen molar-refractivity contribution in [2.24, 2.45) is 0 Å². The van der Waals surface area contributed by atoms with Crippen LogP contribution in [0.1, 0.15) is 47.3 Å². The van der Waals surface area contributed by atoms with Crippen molar-refractivity contribution >= 4 is 5.91 Å². The van der Waals surface area contributed by atoms with Crippen LogP contribution in [0.4, 0.5) is 0 Å². The highest BCUT2D eigenvalue weighted by molar-refractivity contribution is 5.93. The Bertz CT molecular complexity index is 910.